The van der Waals surface area contributed by atoms with Gasteiger partial charge in [-0.2, -0.15) is 13.2 Å². The van der Waals surface area contributed by atoms with E-state index in [1.165, 1.54) is 0 Å². The monoisotopic (exact) mass is 261 g/mol. The van der Waals surface area contributed by atoms with Crippen molar-refractivity contribution in [2.24, 2.45) is 5.73 Å². The maximum atomic E-state index is 12.5. The summed E-state index contributed by atoms with van der Waals surface area (Å²) in [5.74, 6) is 0. The van der Waals surface area contributed by atoms with Crippen LogP contribution in [0.1, 0.15) is 16.5 Å². The lowest BCUT2D eigenvalue weighted by Gasteiger charge is -2.07. The van der Waals surface area contributed by atoms with E-state index < -0.39 is 17.2 Å². The molecule has 6 heteroatoms. The molecule has 0 aliphatic heterocycles. The molecular weight excluding hydrogens is 251 g/mol. The minimum Gasteiger partial charge on any atom is -0.387 e. The van der Waals surface area contributed by atoms with E-state index in [2.05, 4.69) is 0 Å². The zero-order valence-corrected chi connectivity index (χ0v) is 9.48. The van der Waals surface area contributed by atoms with Gasteiger partial charge < -0.3 is 10.8 Å². The molecule has 17 heavy (non-hydrogen) atoms. The second-order valence-electron chi connectivity index (χ2n) is 3.66. The zero-order chi connectivity index (χ0) is 12.6. The first-order valence-corrected chi connectivity index (χ1v) is 5.72. The number of alkyl halides is 3. The Morgan fingerprint density at radius 2 is 2.00 bits per heavy atom. The van der Waals surface area contributed by atoms with Gasteiger partial charge in [-0.3, -0.25) is 0 Å². The van der Waals surface area contributed by atoms with Crippen molar-refractivity contribution in [2.75, 3.05) is 6.54 Å². The fourth-order valence-electron chi connectivity index (χ4n) is 1.54. The van der Waals surface area contributed by atoms with Crippen LogP contribution in [0.15, 0.2) is 24.3 Å². The molecule has 2 nitrogen and oxygen atoms in total. The van der Waals surface area contributed by atoms with Gasteiger partial charge in [0.1, 0.15) is 4.88 Å². The van der Waals surface area contributed by atoms with Gasteiger partial charge in [0, 0.05) is 11.2 Å². The molecule has 1 atom stereocenters. The molecule has 1 unspecified atom stereocenters. The zero-order valence-electron chi connectivity index (χ0n) is 8.66. The Morgan fingerprint density at radius 1 is 1.29 bits per heavy atom. The molecule has 1 aromatic heterocycles. The molecule has 0 saturated heterocycles. The van der Waals surface area contributed by atoms with Crippen LogP contribution in [-0.4, -0.2) is 11.7 Å². The average Bonchev–Trinajstić information content (AvgIpc) is 2.70. The van der Waals surface area contributed by atoms with E-state index >= 15 is 0 Å². The molecule has 0 saturated carbocycles. The van der Waals surface area contributed by atoms with E-state index in [1.807, 2.05) is 0 Å². The highest BCUT2D eigenvalue weighted by Crippen LogP contribution is 2.38. The van der Waals surface area contributed by atoms with Crippen LogP contribution >= 0.6 is 11.3 Å². The van der Waals surface area contributed by atoms with E-state index in [0.29, 0.717) is 27.0 Å². The summed E-state index contributed by atoms with van der Waals surface area (Å²) in [6, 6.07) is 5.80. The summed E-state index contributed by atoms with van der Waals surface area (Å²) in [5, 5.41) is 9.99. The summed E-state index contributed by atoms with van der Waals surface area (Å²) < 4.78 is 38.0. The smallest absolute Gasteiger partial charge is 0.387 e. The Morgan fingerprint density at radius 3 is 2.59 bits per heavy atom. The number of nitrogens with two attached hydrogens (primary N) is 1. The van der Waals surface area contributed by atoms with E-state index in [0.717, 1.165) is 6.07 Å². The van der Waals surface area contributed by atoms with Crippen LogP contribution in [0.4, 0.5) is 13.2 Å². The Bertz CT molecular complexity index is 535. The number of halogens is 3. The van der Waals surface area contributed by atoms with Gasteiger partial charge in [-0.25, -0.2) is 0 Å². The van der Waals surface area contributed by atoms with Gasteiger partial charge in [-0.05, 0) is 29.1 Å². The SMILES string of the molecule is NCC(O)c1ccc2sc(C(F)(F)F)cc2c1. The second-order valence-corrected chi connectivity index (χ2v) is 4.74. The number of aliphatic hydroxyl groups excluding tert-OH is 1. The van der Waals surface area contributed by atoms with E-state index in [-0.39, 0.29) is 6.54 Å². The maximum absolute atomic E-state index is 12.5. The van der Waals surface area contributed by atoms with Gasteiger partial charge >= 0.3 is 6.18 Å². The highest BCUT2D eigenvalue weighted by Gasteiger charge is 2.32. The largest absolute Gasteiger partial charge is 0.425 e. The summed E-state index contributed by atoms with van der Waals surface area (Å²) in [4.78, 5) is -0.633. The highest BCUT2D eigenvalue weighted by molar-refractivity contribution is 7.19. The Labute approximate surface area is 99.5 Å². The molecule has 1 heterocycles. The van der Waals surface area contributed by atoms with Crippen molar-refractivity contribution in [2.45, 2.75) is 12.3 Å². The van der Waals surface area contributed by atoms with Gasteiger partial charge in [0.05, 0.1) is 6.10 Å². The summed E-state index contributed by atoms with van der Waals surface area (Å²) in [7, 11) is 0. The van der Waals surface area contributed by atoms with E-state index in [9.17, 15) is 18.3 Å². The molecule has 0 bridgehead atoms. The molecular formula is C11H10F3NOS. The molecule has 0 aliphatic rings. The molecule has 0 fully saturated rings. The van der Waals surface area contributed by atoms with Crippen LogP contribution in [0.5, 0.6) is 0 Å². The summed E-state index contributed by atoms with van der Waals surface area (Å²) in [6.45, 7) is 0.0434. The highest BCUT2D eigenvalue weighted by atomic mass is 32.1. The lowest BCUT2D eigenvalue weighted by molar-refractivity contribution is -0.134. The first-order valence-electron chi connectivity index (χ1n) is 4.90. The number of hydrogen-bond acceptors (Lipinski definition) is 3. The predicted molar refractivity (Wildman–Crippen MR) is 60.8 cm³/mol. The van der Waals surface area contributed by atoms with Crippen molar-refractivity contribution in [3.8, 4) is 0 Å². The van der Waals surface area contributed by atoms with Crippen molar-refractivity contribution in [1.29, 1.82) is 0 Å². The Hall–Kier alpha value is -1.11. The maximum Gasteiger partial charge on any atom is 0.425 e. The van der Waals surface area contributed by atoms with Crippen molar-refractivity contribution in [3.05, 3.63) is 34.7 Å². The summed E-state index contributed by atoms with van der Waals surface area (Å²) in [5.41, 5.74) is 5.83. The molecule has 0 radical (unpaired) electrons. The molecule has 0 amide bonds. The number of rotatable bonds is 2. The third kappa shape index (κ3) is 2.43. The molecule has 1 aromatic carbocycles. The third-order valence-electron chi connectivity index (χ3n) is 2.43. The van der Waals surface area contributed by atoms with Gasteiger partial charge in [0.2, 0.25) is 0 Å². The third-order valence-corrected chi connectivity index (χ3v) is 3.59. The number of hydrogen-bond donors (Lipinski definition) is 2. The Kier molecular flexibility index (Phi) is 3.11. The lowest BCUT2D eigenvalue weighted by atomic mass is 10.1. The standard InChI is InChI=1S/C11H10F3NOS/c12-11(13,14)10-4-7-3-6(8(16)5-15)1-2-9(7)17-10/h1-4,8,16H,5,15H2. The van der Waals surface area contributed by atoms with Crippen LogP contribution in [0.25, 0.3) is 10.1 Å². The van der Waals surface area contributed by atoms with Gasteiger partial charge in [-0.1, -0.05) is 6.07 Å². The van der Waals surface area contributed by atoms with Crippen molar-refractivity contribution in [1.82, 2.24) is 0 Å². The topological polar surface area (TPSA) is 46.2 Å². The first kappa shape index (κ1) is 12.3. The van der Waals surface area contributed by atoms with Crippen molar-refractivity contribution < 1.29 is 18.3 Å². The molecule has 0 spiro atoms. The van der Waals surface area contributed by atoms with Crippen molar-refractivity contribution in [3.63, 3.8) is 0 Å². The average molecular weight is 261 g/mol. The fourth-order valence-corrected chi connectivity index (χ4v) is 2.46. The van der Waals surface area contributed by atoms with Crippen LogP contribution in [0, 0.1) is 0 Å². The minimum absolute atomic E-state index is 0.0434. The normalized spacial score (nSPS) is 14.2. The van der Waals surface area contributed by atoms with E-state index in [1.54, 1.807) is 18.2 Å². The summed E-state index contributed by atoms with van der Waals surface area (Å²) >= 11 is 0.694. The van der Waals surface area contributed by atoms with Gasteiger partial charge in [-0.15, -0.1) is 11.3 Å². The summed E-state index contributed by atoms with van der Waals surface area (Å²) in [6.07, 6.45) is -5.16. The molecule has 2 aromatic rings. The number of benzene rings is 1. The van der Waals surface area contributed by atoms with Crippen LogP contribution < -0.4 is 5.73 Å². The molecule has 2 rings (SSSR count). The predicted octanol–water partition coefficient (Wildman–Crippen LogP) is 2.91. The number of thiophene rings is 1. The molecule has 0 aliphatic carbocycles. The number of fused-ring (bicyclic) bond motifs is 1. The first-order chi connectivity index (χ1) is 7.91. The fraction of sp³-hybridized carbons (Fsp3) is 0.273. The van der Waals surface area contributed by atoms with Crippen LogP contribution in [0.2, 0.25) is 0 Å². The molecule has 92 valence electrons. The van der Waals surface area contributed by atoms with Gasteiger partial charge in [0.15, 0.2) is 0 Å². The van der Waals surface area contributed by atoms with E-state index in [4.69, 9.17) is 5.73 Å². The lowest BCUT2D eigenvalue weighted by Crippen LogP contribution is -2.11. The Balaban J connectivity index is 2.48. The quantitative estimate of drug-likeness (QED) is 0.873. The molecule has 3 N–H and O–H groups in total. The van der Waals surface area contributed by atoms with Crippen LogP contribution in [0.3, 0.4) is 0 Å². The second kappa shape index (κ2) is 4.29. The number of aliphatic hydroxyl groups is 1. The van der Waals surface area contributed by atoms with Crippen LogP contribution in [-0.2, 0) is 6.18 Å². The van der Waals surface area contributed by atoms with Crippen molar-refractivity contribution >= 4 is 21.4 Å². The van der Waals surface area contributed by atoms with Gasteiger partial charge in [0.25, 0.3) is 0 Å². The minimum atomic E-state index is -4.32.